The van der Waals surface area contributed by atoms with Gasteiger partial charge in [0.05, 0.1) is 24.2 Å². The molecule has 0 aliphatic rings. The Morgan fingerprint density at radius 3 is 2.37 bits per heavy atom. The van der Waals surface area contributed by atoms with Gasteiger partial charge in [0.25, 0.3) is 0 Å². The van der Waals surface area contributed by atoms with Gasteiger partial charge >= 0.3 is 0 Å². The third-order valence-electron chi connectivity index (χ3n) is 6.12. The highest BCUT2D eigenvalue weighted by molar-refractivity contribution is 7.89. The molecule has 0 fully saturated rings. The maximum atomic E-state index is 13.8. The van der Waals surface area contributed by atoms with E-state index >= 15 is 0 Å². The molecule has 2 aromatic carbocycles. The largest absolute Gasteiger partial charge is 0.467 e. The molecule has 4 aromatic rings. The lowest BCUT2D eigenvalue weighted by molar-refractivity contribution is -0.126. The number of nitrogens with zero attached hydrogens (tertiary/aromatic N) is 2. The molecule has 0 spiro atoms. The van der Waals surface area contributed by atoms with Crippen LogP contribution >= 0.6 is 0 Å². The number of nitrogens with one attached hydrogen (secondary N) is 2. The van der Waals surface area contributed by atoms with Crippen LogP contribution in [0.15, 0.2) is 101 Å². The Morgan fingerprint density at radius 2 is 1.68 bits per heavy atom. The van der Waals surface area contributed by atoms with Gasteiger partial charge in [0.2, 0.25) is 21.8 Å². The Bertz CT molecular complexity index is 1490. The lowest BCUT2D eigenvalue weighted by Crippen LogP contribution is -2.47. The summed E-state index contributed by atoms with van der Waals surface area (Å²) in [6.45, 7) is 3.31. The van der Waals surface area contributed by atoms with Gasteiger partial charge in [0.1, 0.15) is 11.8 Å². The molecule has 196 valence electrons. The Hall–Kier alpha value is -4.28. The van der Waals surface area contributed by atoms with Crippen molar-refractivity contribution >= 4 is 27.5 Å². The third kappa shape index (κ3) is 6.16. The fraction of sp³-hybridized carbons (Fsp3) is 0.179. The molecule has 2 heterocycles. The van der Waals surface area contributed by atoms with Crippen molar-refractivity contribution in [3.63, 3.8) is 0 Å². The zero-order valence-corrected chi connectivity index (χ0v) is 21.8. The molecule has 9 nitrogen and oxygen atoms in total. The van der Waals surface area contributed by atoms with E-state index < -0.39 is 34.4 Å². The van der Waals surface area contributed by atoms with E-state index in [9.17, 15) is 18.0 Å². The molecular weight excluding hydrogens is 504 g/mol. The summed E-state index contributed by atoms with van der Waals surface area (Å²) in [5, 5.41) is 2.84. The fourth-order valence-electron chi connectivity index (χ4n) is 3.99. The number of furan rings is 1. The maximum absolute atomic E-state index is 13.8. The van der Waals surface area contributed by atoms with Crippen LogP contribution in [0.4, 0.5) is 5.69 Å². The Morgan fingerprint density at radius 1 is 0.947 bits per heavy atom. The zero-order valence-electron chi connectivity index (χ0n) is 21.0. The molecule has 0 saturated heterocycles. The van der Waals surface area contributed by atoms with Crippen molar-refractivity contribution in [1.29, 1.82) is 0 Å². The van der Waals surface area contributed by atoms with Gasteiger partial charge in [-0.2, -0.15) is 0 Å². The summed E-state index contributed by atoms with van der Waals surface area (Å²) in [5.74, 6) is -0.520. The van der Waals surface area contributed by atoms with E-state index in [1.165, 1.54) is 35.7 Å². The van der Waals surface area contributed by atoms with Crippen LogP contribution in [-0.4, -0.2) is 31.8 Å². The number of carbonyl (C=O) groups excluding carboxylic acids is 2. The third-order valence-corrected chi connectivity index (χ3v) is 7.53. The molecule has 0 aliphatic carbocycles. The first-order chi connectivity index (χ1) is 18.3. The minimum atomic E-state index is -3.96. The molecule has 4 rings (SSSR count). The van der Waals surface area contributed by atoms with E-state index in [-0.39, 0.29) is 11.4 Å². The first-order valence-corrected chi connectivity index (χ1v) is 13.4. The smallest absolute Gasteiger partial charge is 0.248 e. The van der Waals surface area contributed by atoms with Gasteiger partial charge in [-0.1, -0.05) is 30.3 Å². The highest BCUT2D eigenvalue weighted by Crippen LogP contribution is 2.32. The number of rotatable bonds is 10. The van der Waals surface area contributed by atoms with E-state index in [0.717, 1.165) is 11.1 Å². The van der Waals surface area contributed by atoms with Crippen molar-refractivity contribution in [3.8, 4) is 0 Å². The van der Waals surface area contributed by atoms with Gasteiger partial charge < -0.3 is 9.73 Å². The second kappa shape index (κ2) is 11.8. The topological polar surface area (TPSA) is 122 Å². The number of aromatic nitrogens is 1. The van der Waals surface area contributed by atoms with E-state index in [0.29, 0.717) is 17.0 Å². The molecule has 2 aromatic heterocycles. The van der Waals surface area contributed by atoms with E-state index in [1.54, 1.807) is 54.6 Å². The Balaban J connectivity index is 1.72. The zero-order chi connectivity index (χ0) is 27.1. The lowest BCUT2D eigenvalue weighted by atomic mass is 10.0. The predicted octanol–water partition coefficient (Wildman–Crippen LogP) is 3.66. The van der Waals surface area contributed by atoms with Crippen LogP contribution in [0.1, 0.15) is 28.5 Å². The lowest BCUT2D eigenvalue weighted by Gasteiger charge is -2.33. The number of benzene rings is 2. The number of pyridine rings is 1. The van der Waals surface area contributed by atoms with Crippen LogP contribution in [0.25, 0.3) is 0 Å². The van der Waals surface area contributed by atoms with Gasteiger partial charge in [-0.3, -0.25) is 19.5 Å². The highest BCUT2D eigenvalue weighted by atomic mass is 32.2. The molecule has 38 heavy (non-hydrogen) atoms. The van der Waals surface area contributed by atoms with Crippen LogP contribution < -0.4 is 14.9 Å². The summed E-state index contributed by atoms with van der Waals surface area (Å²) in [5.41, 5.74) is 2.69. The van der Waals surface area contributed by atoms with Crippen LogP contribution in [0, 0.1) is 13.8 Å². The summed E-state index contributed by atoms with van der Waals surface area (Å²) in [4.78, 5) is 32.9. The number of sulfonamides is 1. The average Bonchev–Trinajstić information content (AvgIpc) is 3.46. The average molecular weight is 533 g/mol. The van der Waals surface area contributed by atoms with Crippen molar-refractivity contribution in [2.45, 2.75) is 31.3 Å². The normalized spacial score (nSPS) is 12.1. The molecule has 0 radical (unpaired) electrons. The summed E-state index contributed by atoms with van der Waals surface area (Å²) in [6, 6.07) is 18.8. The monoisotopic (exact) mass is 532 g/mol. The van der Waals surface area contributed by atoms with Crippen LogP contribution in [0.5, 0.6) is 0 Å². The van der Waals surface area contributed by atoms with Crippen LogP contribution in [0.3, 0.4) is 0 Å². The first-order valence-electron chi connectivity index (χ1n) is 11.9. The second-order valence-corrected chi connectivity index (χ2v) is 10.4. The van der Waals surface area contributed by atoms with Gasteiger partial charge in [-0.05, 0) is 73.0 Å². The summed E-state index contributed by atoms with van der Waals surface area (Å²) in [7, 11) is -3.96. The van der Waals surface area contributed by atoms with Crippen LogP contribution in [0.2, 0.25) is 0 Å². The van der Waals surface area contributed by atoms with E-state index in [4.69, 9.17) is 4.42 Å². The van der Waals surface area contributed by atoms with Crippen molar-refractivity contribution in [3.05, 3.63) is 114 Å². The van der Waals surface area contributed by atoms with Crippen molar-refractivity contribution < 1.29 is 22.4 Å². The number of hydrogen-bond acceptors (Lipinski definition) is 6. The van der Waals surface area contributed by atoms with Gasteiger partial charge in [0.15, 0.2) is 0 Å². The number of aryl methyl sites for hydroxylation is 1. The van der Waals surface area contributed by atoms with Crippen molar-refractivity contribution in [2.75, 3.05) is 11.4 Å². The highest BCUT2D eigenvalue weighted by Gasteiger charge is 2.34. The van der Waals surface area contributed by atoms with Gasteiger partial charge in [-0.25, -0.2) is 13.1 Å². The minimum Gasteiger partial charge on any atom is -0.467 e. The van der Waals surface area contributed by atoms with Crippen LogP contribution in [-0.2, 0) is 26.2 Å². The fourth-order valence-corrected chi connectivity index (χ4v) is 4.98. The van der Waals surface area contributed by atoms with E-state index in [1.807, 2.05) is 19.9 Å². The Labute approximate surface area is 221 Å². The van der Waals surface area contributed by atoms with Gasteiger partial charge in [-0.15, -0.1) is 0 Å². The standard InChI is InChI=1S/C28H28N4O5S/c1-20-8-6-12-25(21(20)2)32(26(33)19-31-38(35,36)24-10-4-3-5-11-24)27(22-13-15-29-16-14-22)28(34)30-18-23-9-7-17-37-23/h3-17,27,31H,18-19H2,1-2H3,(H,30,34)/t27-/m1/s1. The molecule has 0 bridgehead atoms. The number of amides is 2. The minimum absolute atomic E-state index is 0.0351. The second-order valence-electron chi connectivity index (χ2n) is 8.60. The predicted molar refractivity (Wildman–Crippen MR) is 143 cm³/mol. The first kappa shape index (κ1) is 26.8. The molecule has 10 heteroatoms. The molecule has 0 saturated carbocycles. The maximum Gasteiger partial charge on any atom is 0.248 e. The SMILES string of the molecule is Cc1cccc(N(C(=O)CNS(=O)(=O)c2ccccc2)[C@@H](C(=O)NCc2ccco2)c2ccncc2)c1C. The number of anilines is 1. The quantitative estimate of drug-likeness (QED) is 0.322. The molecular formula is C28H28N4O5S. The molecule has 0 aliphatic heterocycles. The molecule has 0 unspecified atom stereocenters. The van der Waals surface area contributed by atoms with Gasteiger partial charge in [0, 0.05) is 18.1 Å². The number of carbonyl (C=O) groups is 2. The van der Waals surface area contributed by atoms with Crippen molar-refractivity contribution in [1.82, 2.24) is 15.0 Å². The summed E-state index contributed by atoms with van der Waals surface area (Å²) >= 11 is 0. The Kier molecular flexibility index (Phi) is 8.35. The summed E-state index contributed by atoms with van der Waals surface area (Å²) < 4.78 is 33.4. The van der Waals surface area contributed by atoms with E-state index in [2.05, 4.69) is 15.0 Å². The molecule has 2 amide bonds. The summed E-state index contributed by atoms with van der Waals surface area (Å²) in [6.07, 6.45) is 4.57. The molecule has 2 N–H and O–H groups in total. The number of hydrogen-bond donors (Lipinski definition) is 2. The van der Waals surface area contributed by atoms with Crippen molar-refractivity contribution in [2.24, 2.45) is 0 Å². The molecule has 1 atom stereocenters.